The van der Waals surface area contributed by atoms with Crippen LogP contribution in [0.4, 0.5) is 17.3 Å². The van der Waals surface area contributed by atoms with Gasteiger partial charge in [-0.25, -0.2) is 9.97 Å². The van der Waals surface area contributed by atoms with Crippen molar-refractivity contribution in [3.63, 3.8) is 0 Å². The van der Waals surface area contributed by atoms with Crippen LogP contribution in [0.5, 0.6) is 0 Å². The second-order valence-corrected chi connectivity index (χ2v) is 9.33. The molecule has 0 unspecified atom stereocenters. The van der Waals surface area contributed by atoms with Gasteiger partial charge < -0.3 is 16.0 Å². The van der Waals surface area contributed by atoms with Crippen molar-refractivity contribution in [3.05, 3.63) is 88.7 Å². The zero-order valence-corrected chi connectivity index (χ0v) is 20.5. The number of aryl methyl sites for hydroxylation is 1. The molecule has 0 aliphatic carbocycles. The van der Waals surface area contributed by atoms with Gasteiger partial charge in [0.05, 0.1) is 10.6 Å². The number of amides is 1. The minimum absolute atomic E-state index is 0.0433. The largest absolute Gasteiger partial charge is 0.383 e. The molecule has 0 atom stereocenters. The van der Waals surface area contributed by atoms with Crippen molar-refractivity contribution in [1.29, 1.82) is 0 Å². The van der Waals surface area contributed by atoms with Gasteiger partial charge in [-0.15, -0.1) is 0 Å². The predicted molar refractivity (Wildman–Crippen MR) is 143 cm³/mol. The van der Waals surface area contributed by atoms with Crippen LogP contribution in [0.3, 0.4) is 0 Å². The third-order valence-electron chi connectivity index (χ3n) is 6.41. The third-order valence-corrected chi connectivity index (χ3v) is 6.62. The maximum Gasteiger partial charge on any atom is 0.227 e. The lowest BCUT2D eigenvalue weighted by atomic mass is 10.0. The van der Waals surface area contributed by atoms with Crippen LogP contribution in [0.15, 0.2) is 67.0 Å². The van der Waals surface area contributed by atoms with Crippen LogP contribution in [0.25, 0.3) is 10.8 Å². The molecule has 2 aromatic carbocycles. The Morgan fingerprint density at radius 2 is 1.97 bits per heavy atom. The quantitative estimate of drug-likeness (QED) is 0.314. The van der Waals surface area contributed by atoms with Gasteiger partial charge in [0.2, 0.25) is 5.91 Å². The summed E-state index contributed by atoms with van der Waals surface area (Å²) in [4.78, 5) is 35.6. The molecule has 1 aliphatic heterocycles. The highest BCUT2D eigenvalue weighted by atomic mass is 35.5. The number of hydrogen-bond donors (Lipinski definition) is 2. The molecular weight excluding hydrogens is 474 g/mol. The van der Waals surface area contributed by atoms with Crippen molar-refractivity contribution in [2.45, 2.75) is 32.2 Å². The number of Topliss-reactive ketones (excluding diaryl/α,β-unsaturated/α-hetero) is 1. The van der Waals surface area contributed by atoms with Crippen LogP contribution < -0.4 is 16.0 Å². The van der Waals surface area contributed by atoms with Crippen LogP contribution in [-0.4, -0.2) is 28.2 Å². The summed E-state index contributed by atoms with van der Waals surface area (Å²) in [5.41, 5.74) is 9.33. The molecule has 182 valence electrons. The van der Waals surface area contributed by atoms with Crippen molar-refractivity contribution in [2.24, 2.45) is 0 Å². The molecule has 1 fully saturated rings. The average Bonchev–Trinajstić information content (AvgIpc) is 3.32. The molecule has 5 rings (SSSR count). The maximum atomic E-state index is 13.2. The van der Waals surface area contributed by atoms with Crippen LogP contribution >= 0.6 is 11.6 Å². The Morgan fingerprint density at radius 1 is 1.08 bits per heavy atom. The van der Waals surface area contributed by atoms with Crippen molar-refractivity contribution in [3.8, 4) is 0 Å². The number of fused-ring (bicyclic) bond motifs is 1. The Bertz CT molecular complexity index is 1460. The molecule has 1 saturated heterocycles. The fourth-order valence-corrected chi connectivity index (χ4v) is 4.69. The van der Waals surface area contributed by atoms with E-state index in [-0.39, 0.29) is 11.7 Å². The summed E-state index contributed by atoms with van der Waals surface area (Å²) in [5, 5.41) is 5.59. The molecule has 4 aromatic rings. The van der Waals surface area contributed by atoms with Crippen LogP contribution in [0, 0.1) is 0 Å². The summed E-state index contributed by atoms with van der Waals surface area (Å²) >= 11 is 6.18. The van der Waals surface area contributed by atoms with Crippen molar-refractivity contribution >= 4 is 51.4 Å². The Hall–Kier alpha value is -3.97. The van der Waals surface area contributed by atoms with E-state index in [0.29, 0.717) is 48.0 Å². The summed E-state index contributed by atoms with van der Waals surface area (Å²) in [6.45, 7) is 1.21. The third kappa shape index (κ3) is 5.16. The first-order chi connectivity index (χ1) is 17.5. The SMILES string of the molecule is Nc1nccc2cc(CCC(=O)c3cc(Cl)cnc3NCc3cccc(N4CCCC4=O)c3)ccc12. The molecule has 0 saturated carbocycles. The van der Waals surface area contributed by atoms with Gasteiger partial charge in [0.1, 0.15) is 11.6 Å². The fourth-order valence-electron chi connectivity index (χ4n) is 4.53. The van der Waals surface area contributed by atoms with E-state index in [2.05, 4.69) is 15.3 Å². The van der Waals surface area contributed by atoms with E-state index in [1.165, 1.54) is 6.20 Å². The number of ketones is 1. The first-order valence-corrected chi connectivity index (χ1v) is 12.3. The number of rotatable bonds is 8. The summed E-state index contributed by atoms with van der Waals surface area (Å²) in [6, 6.07) is 17.4. The number of nitrogens with one attached hydrogen (secondary N) is 1. The normalized spacial score (nSPS) is 13.4. The van der Waals surface area contributed by atoms with Crippen LogP contribution in [0.1, 0.15) is 40.7 Å². The topological polar surface area (TPSA) is 101 Å². The van der Waals surface area contributed by atoms with E-state index in [4.69, 9.17) is 17.3 Å². The van der Waals surface area contributed by atoms with Gasteiger partial charge in [0.25, 0.3) is 0 Å². The van der Waals surface area contributed by atoms with Crippen molar-refractivity contribution < 1.29 is 9.59 Å². The second-order valence-electron chi connectivity index (χ2n) is 8.90. The highest BCUT2D eigenvalue weighted by molar-refractivity contribution is 6.31. The second kappa shape index (κ2) is 10.3. The number of nitrogen functional groups attached to an aromatic ring is 1. The molecule has 0 bridgehead atoms. The van der Waals surface area contributed by atoms with Gasteiger partial charge in [0.15, 0.2) is 5.78 Å². The number of pyridine rings is 2. The van der Waals surface area contributed by atoms with Gasteiger partial charge in [0, 0.05) is 49.4 Å². The number of carbonyl (C=O) groups is 2. The van der Waals surface area contributed by atoms with Gasteiger partial charge in [-0.1, -0.05) is 41.9 Å². The number of benzene rings is 2. The van der Waals surface area contributed by atoms with Gasteiger partial charge in [-0.05, 0) is 53.6 Å². The van der Waals surface area contributed by atoms with E-state index in [1.807, 2.05) is 53.4 Å². The lowest BCUT2D eigenvalue weighted by Gasteiger charge is -2.17. The molecule has 7 nitrogen and oxygen atoms in total. The first kappa shape index (κ1) is 23.8. The van der Waals surface area contributed by atoms with E-state index in [9.17, 15) is 9.59 Å². The molecular formula is C28H26ClN5O2. The van der Waals surface area contributed by atoms with E-state index in [1.54, 1.807) is 12.3 Å². The molecule has 8 heteroatoms. The van der Waals surface area contributed by atoms with E-state index in [0.717, 1.165) is 40.6 Å². The number of hydrogen-bond acceptors (Lipinski definition) is 6. The molecule has 2 aromatic heterocycles. The maximum absolute atomic E-state index is 13.2. The Kier molecular flexibility index (Phi) is 6.82. The zero-order chi connectivity index (χ0) is 25.1. The summed E-state index contributed by atoms with van der Waals surface area (Å²) < 4.78 is 0. The van der Waals surface area contributed by atoms with Crippen LogP contribution in [0.2, 0.25) is 5.02 Å². The average molecular weight is 500 g/mol. The molecule has 1 amide bonds. The number of nitrogens with zero attached hydrogens (tertiary/aromatic N) is 3. The van der Waals surface area contributed by atoms with Gasteiger partial charge >= 0.3 is 0 Å². The highest BCUT2D eigenvalue weighted by Gasteiger charge is 2.21. The lowest BCUT2D eigenvalue weighted by molar-refractivity contribution is -0.117. The molecule has 0 spiro atoms. The lowest BCUT2D eigenvalue weighted by Crippen LogP contribution is -2.23. The van der Waals surface area contributed by atoms with Gasteiger partial charge in [-0.3, -0.25) is 9.59 Å². The first-order valence-electron chi connectivity index (χ1n) is 11.9. The smallest absolute Gasteiger partial charge is 0.227 e. The zero-order valence-electron chi connectivity index (χ0n) is 19.7. The minimum atomic E-state index is -0.0433. The Labute approximate surface area is 214 Å². The Balaban J connectivity index is 1.28. The van der Waals surface area contributed by atoms with Crippen LogP contribution in [-0.2, 0) is 17.8 Å². The number of nitrogens with two attached hydrogens (primary N) is 1. The number of anilines is 3. The van der Waals surface area contributed by atoms with Crippen molar-refractivity contribution in [1.82, 2.24) is 9.97 Å². The van der Waals surface area contributed by atoms with Gasteiger partial charge in [-0.2, -0.15) is 0 Å². The van der Waals surface area contributed by atoms with E-state index < -0.39 is 0 Å². The predicted octanol–water partition coefficient (Wildman–Crippen LogP) is 5.42. The number of aromatic nitrogens is 2. The highest BCUT2D eigenvalue weighted by Crippen LogP contribution is 2.25. The van der Waals surface area contributed by atoms with Crippen molar-refractivity contribution in [2.75, 3.05) is 22.5 Å². The molecule has 0 radical (unpaired) electrons. The van der Waals surface area contributed by atoms with E-state index >= 15 is 0 Å². The fraction of sp³-hybridized carbons (Fsp3) is 0.214. The molecule has 3 N–H and O–H groups in total. The number of halogens is 1. The molecule has 1 aliphatic rings. The number of carbonyl (C=O) groups excluding carboxylic acids is 2. The standard InChI is InChI=1S/C28H26ClN5O2/c29-21-15-24(25(35)9-7-18-6-8-23-20(13-18)10-11-31-27(23)30)28(33-17-21)32-16-19-3-1-4-22(14-19)34-12-2-5-26(34)36/h1,3-4,6,8,10-11,13-15,17H,2,5,7,9,12,16H2,(H2,30,31)(H,32,33). The monoisotopic (exact) mass is 499 g/mol. The Morgan fingerprint density at radius 3 is 2.81 bits per heavy atom. The minimum Gasteiger partial charge on any atom is -0.383 e. The summed E-state index contributed by atoms with van der Waals surface area (Å²) in [7, 11) is 0. The summed E-state index contributed by atoms with van der Waals surface area (Å²) in [5.74, 6) is 1.09. The molecule has 36 heavy (non-hydrogen) atoms. The molecule has 3 heterocycles. The summed E-state index contributed by atoms with van der Waals surface area (Å²) in [6.07, 6.45) is 5.58.